The number of hydrogen-bond donors (Lipinski definition) is 2. The second-order valence-corrected chi connectivity index (χ2v) is 9.55. The molecule has 174 valence electrons. The number of rotatable bonds is 6. The van der Waals surface area contributed by atoms with E-state index < -0.39 is 0 Å². The predicted molar refractivity (Wildman–Crippen MR) is 136 cm³/mol. The third-order valence-electron chi connectivity index (χ3n) is 6.23. The minimum absolute atomic E-state index is 0.0463. The quantitative estimate of drug-likeness (QED) is 0.442. The van der Waals surface area contributed by atoms with Crippen LogP contribution in [0.1, 0.15) is 22.0 Å². The molecule has 4 aromatic rings. The number of thiophene rings is 1. The molecule has 34 heavy (non-hydrogen) atoms. The summed E-state index contributed by atoms with van der Waals surface area (Å²) in [5.74, 6) is 0.779. The number of aliphatic hydroxyl groups is 1. The van der Waals surface area contributed by atoms with Gasteiger partial charge in [0.1, 0.15) is 17.0 Å². The monoisotopic (exact) mass is 473 g/mol. The van der Waals surface area contributed by atoms with E-state index in [1.807, 2.05) is 59.5 Å². The van der Waals surface area contributed by atoms with Crippen molar-refractivity contribution in [2.24, 2.45) is 0 Å². The number of aromatic nitrogens is 2. The smallest absolute Gasteiger partial charge is 0.253 e. The molecule has 0 spiro atoms. The van der Waals surface area contributed by atoms with E-state index in [0.29, 0.717) is 11.4 Å². The Hall–Kier alpha value is -3.33. The van der Waals surface area contributed by atoms with E-state index in [-0.39, 0.29) is 18.6 Å². The number of fused-ring (bicyclic) bond motifs is 1. The summed E-state index contributed by atoms with van der Waals surface area (Å²) in [7, 11) is 2.08. The minimum Gasteiger partial charge on any atom is -0.394 e. The summed E-state index contributed by atoms with van der Waals surface area (Å²) >= 11 is 1.58. The number of aliphatic hydroxyl groups excluding tert-OH is 1. The third kappa shape index (κ3) is 4.65. The topological polar surface area (TPSA) is 81.6 Å². The molecule has 1 saturated heterocycles. The number of nitrogens with one attached hydrogen (secondary N) is 1. The van der Waals surface area contributed by atoms with Crippen LogP contribution in [0.4, 0.5) is 5.82 Å². The van der Waals surface area contributed by atoms with Crippen LogP contribution in [0.2, 0.25) is 0 Å². The van der Waals surface area contributed by atoms with Gasteiger partial charge in [-0.15, -0.1) is 11.3 Å². The molecule has 0 radical (unpaired) electrons. The molecule has 8 heteroatoms. The number of hydrogen-bond acceptors (Lipinski definition) is 7. The first kappa shape index (κ1) is 22.5. The maximum atomic E-state index is 12.9. The Balaban J connectivity index is 1.37. The fourth-order valence-electron chi connectivity index (χ4n) is 4.17. The molecule has 5 rings (SSSR count). The molecule has 0 bridgehead atoms. The van der Waals surface area contributed by atoms with Gasteiger partial charge in [-0.2, -0.15) is 0 Å². The number of nitrogens with zero attached hydrogens (tertiary/aromatic N) is 4. The number of carbonyl (C=O) groups is 1. The van der Waals surface area contributed by atoms with Crippen molar-refractivity contribution in [3.8, 4) is 10.4 Å². The zero-order valence-corrected chi connectivity index (χ0v) is 19.8. The van der Waals surface area contributed by atoms with E-state index in [1.54, 1.807) is 17.7 Å². The average Bonchev–Trinajstić information content (AvgIpc) is 3.33. The molecule has 0 aliphatic carbocycles. The normalized spacial score (nSPS) is 15.4. The van der Waals surface area contributed by atoms with Crippen molar-refractivity contribution in [2.45, 2.75) is 6.04 Å². The summed E-state index contributed by atoms with van der Waals surface area (Å²) in [6.45, 7) is 3.30. The van der Waals surface area contributed by atoms with Crippen LogP contribution < -0.4 is 5.32 Å². The lowest BCUT2D eigenvalue weighted by atomic mass is 10.1. The highest BCUT2D eigenvalue weighted by atomic mass is 32.1. The molecule has 0 unspecified atom stereocenters. The Morgan fingerprint density at radius 2 is 1.79 bits per heavy atom. The van der Waals surface area contributed by atoms with Gasteiger partial charge in [0.15, 0.2) is 0 Å². The van der Waals surface area contributed by atoms with Crippen LogP contribution in [0, 0.1) is 0 Å². The van der Waals surface area contributed by atoms with Crippen molar-refractivity contribution in [1.82, 2.24) is 19.8 Å². The molecule has 7 nitrogen and oxygen atoms in total. The van der Waals surface area contributed by atoms with Gasteiger partial charge in [0.25, 0.3) is 5.91 Å². The van der Waals surface area contributed by atoms with Crippen molar-refractivity contribution < 1.29 is 9.90 Å². The Morgan fingerprint density at radius 3 is 2.50 bits per heavy atom. The van der Waals surface area contributed by atoms with E-state index in [0.717, 1.165) is 52.4 Å². The van der Waals surface area contributed by atoms with Gasteiger partial charge in [-0.1, -0.05) is 42.5 Å². The molecule has 0 saturated carbocycles. The molecule has 3 heterocycles. The summed E-state index contributed by atoms with van der Waals surface area (Å²) in [6.07, 6.45) is 1.54. The molecule has 1 amide bonds. The number of anilines is 1. The van der Waals surface area contributed by atoms with Crippen LogP contribution in [0.25, 0.3) is 20.7 Å². The van der Waals surface area contributed by atoms with E-state index in [1.165, 1.54) is 0 Å². The Bertz CT molecular complexity index is 1270. The maximum Gasteiger partial charge on any atom is 0.253 e. The van der Waals surface area contributed by atoms with Crippen LogP contribution in [0.3, 0.4) is 0 Å². The second kappa shape index (κ2) is 9.89. The third-order valence-corrected chi connectivity index (χ3v) is 7.32. The highest BCUT2D eigenvalue weighted by Crippen LogP contribution is 2.36. The Kier molecular flexibility index (Phi) is 6.53. The lowest BCUT2D eigenvalue weighted by Crippen LogP contribution is -2.47. The van der Waals surface area contributed by atoms with Gasteiger partial charge in [-0.25, -0.2) is 9.97 Å². The maximum absolute atomic E-state index is 12.9. The van der Waals surface area contributed by atoms with Crippen molar-refractivity contribution in [1.29, 1.82) is 0 Å². The highest BCUT2D eigenvalue weighted by molar-refractivity contribution is 7.21. The first-order chi connectivity index (χ1) is 16.6. The zero-order valence-electron chi connectivity index (χ0n) is 19.0. The Labute approximate surface area is 202 Å². The van der Waals surface area contributed by atoms with Gasteiger partial charge < -0.3 is 20.2 Å². The van der Waals surface area contributed by atoms with E-state index in [4.69, 9.17) is 0 Å². The van der Waals surface area contributed by atoms with Gasteiger partial charge in [-0.3, -0.25) is 4.79 Å². The largest absolute Gasteiger partial charge is 0.394 e. The number of amides is 1. The standard InChI is InChI=1S/C26H27N5O2S/c1-30-11-13-31(14-12-30)26(33)20-9-7-19(8-10-20)23-15-21-24(27-17-28-25(21)34-23)29-22(16-32)18-5-3-2-4-6-18/h2-10,15,17,22,32H,11-14,16H2,1H3,(H,27,28,29)/t22-/m1/s1. The molecule has 1 aliphatic rings. The minimum atomic E-state index is -0.262. The number of carbonyl (C=O) groups excluding carboxylic acids is 1. The summed E-state index contributed by atoms with van der Waals surface area (Å²) in [5, 5.41) is 14.2. The van der Waals surface area contributed by atoms with Crippen molar-refractivity contribution in [3.05, 3.63) is 78.1 Å². The summed E-state index contributed by atoms with van der Waals surface area (Å²) in [6, 6.07) is 19.4. The zero-order chi connectivity index (χ0) is 23.5. The molecular formula is C26H27N5O2S. The molecular weight excluding hydrogens is 446 g/mol. The van der Waals surface area contributed by atoms with Gasteiger partial charge >= 0.3 is 0 Å². The van der Waals surface area contributed by atoms with Gasteiger partial charge in [0, 0.05) is 36.6 Å². The fraction of sp³-hybridized carbons (Fsp3) is 0.269. The van der Waals surface area contributed by atoms with Gasteiger partial charge in [-0.05, 0) is 36.4 Å². The van der Waals surface area contributed by atoms with Crippen molar-refractivity contribution >= 4 is 33.3 Å². The SMILES string of the molecule is CN1CCN(C(=O)c2ccc(-c3cc4c(N[C@H](CO)c5ccccc5)ncnc4s3)cc2)CC1. The number of piperazine rings is 1. The van der Waals surface area contributed by atoms with Gasteiger partial charge in [0.2, 0.25) is 0 Å². The summed E-state index contributed by atoms with van der Waals surface area (Å²) < 4.78 is 0. The summed E-state index contributed by atoms with van der Waals surface area (Å²) in [5.41, 5.74) is 2.74. The van der Waals surface area contributed by atoms with E-state index in [9.17, 15) is 9.90 Å². The van der Waals surface area contributed by atoms with Crippen LogP contribution in [-0.2, 0) is 0 Å². The molecule has 1 atom stereocenters. The molecule has 2 aromatic carbocycles. The van der Waals surface area contributed by atoms with E-state index in [2.05, 4.69) is 33.3 Å². The van der Waals surface area contributed by atoms with Gasteiger partial charge in [0.05, 0.1) is 18.0 Å². The summed E-state index contributed by atoms with van der Waals surface area (Å²) in [4.78, 5) is 27.8. The van der Waals surface area contributed by atoms with Crippen molar-refractivity contribution in [3.63, 3.8) is 0 Å². The van der Waals surface area contributed by atoms with Crippen molar-refractivity contribution in [2.75, 3.05) is 45.2 Å². The molecule has 2 N–H and O–H groups in total. The first-order valence-electron chi connectivity index (χ1n) is 11.4. The van der Waals surface area contributed by atoms with E-state index >= 15 is 0 Å². The van der Waals surface area contributed by atoms with Crippen LogP contribution >= 0.6 is 11.3 Å². The van der Waals surface area contributed by atoms with Crippen LogP contribution in [-0.4, -0.2) is 70.6 Å². The average molecular weight is 474 g/mol. The fourth-order valence-corrected chi connectivity index (χ4v) is 5.17. The Morgan fingerprint density at radius 1 is 1.06 bits per heavy atom. The highest BCUT2D eigenvalue weighted by Gasteiger charge is 2.20. The number of benzene rings is 2. The van der Waals surface area contributed by atoms with Crippen LogP contribution in [0.5, 0.6) is 0 Å². The molecule has 1 aliphatic heterocycles. The first-order valence-corrected chi connectivity index (χ1v) is 12.2. The van der Waals surface area contributed by atoms with Crippen LogP contribution in [0.15, 0.2) is 67.0 Å². The molecule has 2 aromatic heterocycles. The molecule has 1 fully saturated rings. The second-order valence-electron chi connectivity index (χ2n) is 8.51. The predicted octanol–water partition coefficient (Wildman–Crippen LogP) is 3.89. The lowest BCUT2D eigenvalue weighted by molar-refractivity contribution is 0.0664. The number of likely N-dealkylation sites (N-methyl/N-ethyl adjacent to an activating group) is 1. The lowest BCUT2D eigenvalue weighted by Gasteiger charge is -2.32.